The van der Waals surface area contributed by atoms with Crippen LogP contribution < -0.4 is 9.47 Å². The van der Waals surface area contributed by atoms with Crippen LogP contribution in [-0.4, -0.2) is 19.0 Å². The fraction of sp³-hybridized carbons (Fsp3) is 0.278. The van der Waals surface area contributed by atoms with E-state index in [-0.39, 0.29) is 11.7 Å². The van der Waals surface area contributed by atoms with E-state index in [2.05, 4.69) is 6.07 Å². The molecule has 1 atom stereocenters. The molecule has 0 N–H and O–H groups in total. The summed E-state index contributed by atoms with van der Waals surface area (Å²) in [7, 11) is 0. The van der Waals surface area contributed by atoms with Crippen molar-refractivity contribution in [3.63, 3.8) is 0 Å². The quantitative estimate of drug-likeness (QED) is 0.782. The Morgan fingerprint density at radius 3 is 2.71 bits per heavy atom. The maximum Gasteiger partial charge on any atom is 0.162 e. The minimum Gasteiger partial charge on any atom is -0.493 e. The first-order valence-electron chi connectivity index (χ1n) is 7.25. The van der Waals surface area contributed by atoms with Gasteiger partial charge in [-0.05, 0) is 30.3 Å². The third kappa shape index (κ3) is 2.92. The van der Waals surface area contributed by atoms with Crippen LogP contribution in [-0.2, 0) is 0 Å². The molecule has 0 saturated heterocycles. The molecule has 1 aliphatic heterocycles. The second-order valence-electron chi connectivity index (χ2n) is 5.16. The Labute approximate surface area is 124 Å². The van der Waals surface area contributed by atoms with Crippen molar-refractivity contribution in [3.05, 3.63) is 59.7 Å². The summed E-state index contributed by atoms with van der Waals surface area (Å²) < 4.78 is 11.5. The molecule has 1 aliphatic rings. The Kier molecular flexibility index (Phi) is 3.91. The van der Waals surface area contributed by atoms with Crippen molar-refractivity contribution in [3.8, 4) is 11.5 Å². The van der Waals surface area contributed by atoms with E-state index in [9.17, 15) is 4.79 Å². The average Bonchev–Trinajstić information content (AvgIpc) is 2.96. The molecule has 0 fully saturated rings. The second-order valence-corrected chi connectivity index (χ2v) is 5.16. The van der Waals surface area contributed by atoms with Crippen LogP contribution in [0.1, 0.15) is 35.2 Å². The van der Waals surface area contributed by atoms with Crippen molar-refractivity contribution in [1.29, 1.82) is 0 Å². The lowest BCUT2D eigenvalue weighted by Gasteiger charge is -2.11. The van der Waals surface area contributed by atoms with Gasteiger partial charge < -0.3 is 9.47 Å². The Balaban J connectivity index is 1.62. The third-order valence-electron chi connectivity index (χ3n) is 3.75. The highest BCUT2D eigenvalue weighted by Gasteiger charge is 2.24. The van der Waals surface area contributed by atoms with Gasteiger partial charge in [-0.3, -0.25) is 4.79 Å². The lowest BCUT2D eigenvalue weighted by Crippen LogP contribution is -2.11. The van der Waals surface area contributed by atoms with Crippen molar-refractivity contribution in [1.82, 2.24) is 0 Å². The Bertz CT molecular complexity index is 631. The minimum atomic E-state index is 0.152. The molecule has 3 nitrogen and oxygen atoms in total. The van der Waals surface area contributed by atoms with Gasteiger partial charge in [-0.2, -0.15) is 0 Å². The number of benzene rings is 2. The number of hydrogen-bond acceptors (Lipinski definition) is 3. The molecule has 2 aromatic rings. The monoisotopic (exact) mass is 282 g/mol. The molecule has 0 radical (unpaired) electrons. The van der Waals surface area contributed by atoms with Crippen LogP contribution in [0.2, 0.25) is 0 Å². The SMILES string of the molecule is CCC(=O)c1ccc(OCC2COc3ccccc32)cc1. The summed E-state index contributed by atoms with van der Waals surface area (Å²) in [6, 6.07) is 15.4. The molecule has 0 aliphatic carbocycles. The number of rotatable bonds is 5. The number of ketones is 1. The van der Waals surface area contributed by atoms with E-state index in [4.69, 9.17) is 9.47 Å². The highest BCUT2D eigenvalue weighted by Crippen LogP contribution is 2.33. The fourth-order valence-corrected chi connectivity index (χ4v) is 2.51. The molecular weight excluding hydrogens is 264 g/mol. The molecule has 0 spiro atoms. The van der Waals surface area contributed by atoms with Crippen LogP contribution in [0.25, 0.3) is 0 Å². The largest absolute Gasteiger partial charge is 0.493 e. The van der Waals surface area contributed by atoms with E-state index < -0.39 is 0 Å². The third-order valence-corrected chi connectivity index (χ3v) is 3.75. The lowest BCUT2D eigenvalue weighted by molar-refractivity contribution is 0.0988. The molecular formula is C18H18O3. The first-order valence-corrected chi connectivity index (χ1v) is 7.25. The molecule has 3 rings (SSSR count). The Morgan fingerprint density at radius 1 is 1.19 bits per heavy atom. The molecule has 2 aromatic carbocycles. The maximum atomic E-state index is 11.6. The number of fused-ring (bicyclic) bond motifs is 1. The van der Waals surface area contributed by atoms with Crippen LogP contribution in [0.3, 0.4) is 0 Å². The fourth-order valence-electron chi connectivity index (χ4n) is 2.51. The van der Waals surface area contributed by atoms with E-state index in [0.29, 0.717) is 19.6 Å². The molecule has 0 saturated carbocycles. The van der Waals surface area contributed by atoms with Crippen molar-refractivity contribution in [2.45, 2.75) is 19.3 Å². The molecule has 0 bridgehead atoms. The summed E-state index contributed by atoms with van der Waals surface area (Å²) in [5, 5.41) is 0. The lowest BCUT2D eigenvalue weighted by atomic mass is 10.0. The number of carbonyl (C=O) groups is 1. The van der Waals surface area contributed by atoms with Crippen LogP contribution in [0.5, 0.6) is 11.5 Å². The van der Waals surface area contributed by atoms with E-state index >= 15 is 0 Å². The number of Topliss-reactive ketones (excluding diaryl/α,β-unsaturated/α-hetero) is 1. The van der Waals surface area contributed by atoms with Crippen molar-refractivity contribution >= 4 is 5.78 Å². The summed E-state index contributed by atoms with van der Waals surface area (Å²) >= 11 is 0. The predicted molar refractivity (Wildman–Crippen MR) is 81.2 cm³/mol. The summed E-state index contributed by atoms with van der Waals surface area (Å²) in [5.41, 5.74) is 1.94. The van der Waals surface area contributed by atoms with E-state index in [1.165, 1.54) is 5.56 Å². The molecule has 1 unspecified atom stereocenters. The molecule has 0 aromatic heterocycles. The van der Waals surface area contributed by atoms with Gasteiger partial charge in [-0.1, -0.05) is 25.1 Å². The van der Waals surface area contributed by atoms with Gasteiger partial charge >= 0.3 is 0 Å². The molecule has 108 valence electrons. The normalized spacial score (nSPS) is 16.1. The summed E-state index contributed by atoms with van der Waals surface area (Å²) in [5.74, 6) is 2.15. The number of carbonyl (C=O) groups excluding carboxylic acids is 1. The topological polar surface area (TPSA) is 35.5 Å². The smallest absolute Gasteiger partial charge is 0.162 e. The minimum absolute atomic E-state index is 0.152. The standard InChI is InChI=1S/C18H18O3/c1-2-17(19)13-7-9-15(10-8-13)20-11-14-12-21-18-6-4-3-5-16(14)18/h3-10,14H,2,11-12H2,1H3. The van der Waals surface area contributed by atoms with Gasteiger partial charge in [-0.15, -0.1) is 0 Å². The number of para-hydroxylation sites is 1. The zero-order valence-corrected chi connectivity index (χ0v) is 12.0. The van der Waals surface area contributed by atoms with Crippen molar-refractivity contribution < 1.29 is 14.3 Å². The van der Waals surface area contributed by atoms with E-state index in [1.807, 2.05) is 49.4 Å². The zero-order valence-electron chi connectivity index (χ0n) is 12.0. The van der Waals surface area contributed by atoms with Crippen LogP contribution in [0.4, 0.5) is 0 Å². The first-order chi connectivity index (χ1) is 10.3. The second kappa shape index (κ2) is 6.00. The zero-order chi connectivity index (χ0) is 14.7. The highest BCUT2D eigenvalue weighted by molar-refractivity contribution is 5.95. The van der Waals surface area contributed by atoms with Gasteiger partial charge in [0.15, 0.2) is 5.78 Å². The van der Waals surface area contributed by atoms with Crippen LogP contribution >= 0.6 is 0 Å². The first kappa shape index (κ1) is 13.7. The van der Waals surface area contributed by atoms with Gasteiger partial charge in [0.25, 0.3) is 0 Å². The van der Waals surface area contributed by atoms with Gasteiger partial charge in [0.05, 0.1) is 19.1 Å². The Morgan fingerprint density at radius 2 is 1.95 bits per heavy atom. The van der Waals surface area contributed by atoms with Crippen LogP contribution in [0.15, 0.2) is 48.5 Å². The number of ether oxygens (including phenoxy) is 2. The van der Waals surface area contributed by atoms with Gasteiger partial charge in [0.2, 0.25) is 0 Å². The van der Waals surface area contributed by atoms with Gasteiger partial charge in [0, 0.05) is 17.5 Å². The van der Waals surface area contributed by atoms with Crippen LogP contribution in [0, 0.1) is 0 Å². The Hall–Kier alpha value is -2.29. The maximum absolute atomic E-state index is 11.6. The molecule has 3 heteroatoms. The predicted octanol–water partition coefficient (Wildman–Crippen LogP) is 3.83. The summed E-state index contributed by atoms with van der Waals surface area (Å²) in [4.78, 5) is 11.6. The summed E-state index contributed by atoms with van der Waals surface area (Å²) in [6.45, 7) is 3.11. The highest BCUT2D eigenvalue weighted by atomic mass is 16.5. The van der Waals surface area contributed by atoms with Gasteiger partial charge in [0.1, 0.15) is 11.5 Å². The van der Waals surface area contributed by atoms with E-state index in [0.717, 1.165) is 17.1 Å². The number of hydrogen-bond donors (Lipinski definition) is 0. The van der Waals surface area contributed by atoms with Crippen molar-refractivity contribution in [2.24, 2.45) is 0 Å². The van der Waals surface area contributed by atoms with Crippen molar-refractivity contribution in [2.75, 3.05) is 13.2 Å². The van der Waals surface area contributed by atoms with E-state index in [1.54, 1.807) is 0 Å². The molecule has 1 heterocycles. The summed E-state index contributed by atoms with van der Waals surface area (Å²) in [6.07, 6.45) is 0.524. The average molecular weight is 282 g/mol. The van der Waals surface area contributed by atoms with Gasteiger partial charge in [-0.25, -0.2) is 0 Å². The molecule has 21 heavy (non-hydrogen) atoms. The molecule has 0 amide bonds.